The first-order valence-electron chi connectivity index (χ1n) is 5.16. The second-order valence-electron chi connectivity index (χ2n) is 3.79. The summed E-state index contributed by atoms with van der Waals surface area (Å²) in [6.45, 7) is 0. The Bertz CT molecular complexity index is 845. The number of aromatic amines is 2. The van der Waals surface area contributed by atoms with E-state index in [0.717, 1.165) is 0 Å². The van der Waals surface area contributed by atoms with Gasteiger partial charge in [0.05, 0.1) is 9.99 Å². The van der Waals surface area contributed by atoms with Crippen LogP contribution in [0.25, 0.3) is 22.4 Å². The van der Waals surface area contributed by atoms with Gasteiger partial charge in [0.2, 0.25) is 0 Å². The number of rotatable bonds is 2. The smallest absolute Gasteiger partial charge is 0.417 e. The van der Waals surface area contributed by atoms with E-state index >= 15 is 0 Å². The second-order valence-corrected chi connectivity index (χ2v) is 4.58. The van der Waals surface area contributed by atoms with E-state index in [1.54, 1.807) is 18.2 Å². The minimum atomic E-state index is -1.11. The van der Waals surface area contributed by atoms with Gasteiger partial charge in [0, 0.05) is 5.56 Å². The molecule has 0 aliphatic heterocycles. The molecule has 1 aromatic carbocycles. The zero-order chi connectivity index (χ0) is 13.6. The van der Waals surface area contributed by atoms with Crippen molar-refractivity contribution in [3.05, 3.63) is 38.9 Å². The number of carbonyl (C=O) groups is 1. The van der Waals surface area contributed by atoms with Crippen LogP contribution < -0.4 is 5.76 Å². The number of hydrogen-bond acceptors (Lipinski definition) is 4. The first-order chi connectivity index (χ1) is 9.06. The number of carboxylic acid groups (broad SMARTS) is 1. The molecule has 0 atom stereocenters. The maximum absolute atomic E-state index is 11.1. The molecule has 2 aromatic heterocycles. The van der Waals surface area contributed by atoms with Gasteiger partial charge in [-0.2, -0.15) is 5.10 Å². The lowest BCUT2D eigenvalue weighted by Gasteiger charge is -1.97. The summed E-state index contributed by atoms with van der Waals surface area (Å²) in [6.07, 6.45) is 0. The minimum absolute atomic E-state index is 0.0365. The fraction of sp³-hybridized carbons (Fsp3) is 0. The molecule has 3 N–H and O–H groups in total. The van der Waals surface area contributed by atoms with Crippen LogP contribution in [0.1, 0.15) is 10.5 Å². The third-order valence-corrected chi connectivity index (χ3v) is 3.39. The molecule has 3 aromatic rings. The second kappa shape index (κ2) is 4.09. The van der Waals surface area contributed by atoms with Crippen molar-refractivity contribution in [3.63, 3.8) is 0 Å². The molecule has 3 rings (SSSR count). The Hall–Kier alpha value is -2.35. The van der Waals surface area contributed by atoms with E-state index in [1.165, 1.54) is 0 Å². The van der Waals surface area contributed by atoms with Gasteiger partial charge in [0.1, 0.15) is 5.69 Å². The number of aromatic nitrogens is 3. The molecule has 96 valence electrons. The Morgan fingerprint density at radius 3 is 2.89 bits per heavy atom. The maximum Gasteiger partial charge on any atom is 0.417 e. The molecule has 0 unspecified atom stereocenters. The number of oxazole rings is 1. The lowest BCUT2D eigenvalue weighted by Crippen LogP contribution is -1.96. The van der Waals surface area contributed by atoms with Crippen molar-refractivity contribution < 1.29 is 14.3 Å². The molecule has 0 aliphatic carbocycles. The van der Waals surface area contributed by atoms with E-state index in [4.69, 9.17) is 9.52 Å². The van der Waals surface area contributed by atoms with Crippen LogP contribution >= 0.6 is 15.9 Å². The lowest BCUT2D eigenvalue weighted by molar-refractivity contribution is 0.0689. The van der Waals surface area contributed by atoms with Crippen molar-refractivity contribution >= 4 is 33.0 Å². The standard InChI is InChI=1S/C11H6BrN3O4/c12-7-8(14-15-9(7)10(16)17)4-1-2-5-6(3-4)19-11(18)13-5/h1-3H,(H,13,18)(H,14,15)(H,16,17). The van der Waals surface area contributed by atoms with Crippen molar-refractivity contribution in [3.8, 4) is 11.3 Å². The van der Waals surface area contributed by atoms with Crippen LogP contribution in [0.5, 0.6) is 0 Å². The van der Waals surface area contributed by atoms with Crippen molar-refractivity contribution in [1.82, 2.24) is 15.2 Å². The third kappa shape index (κ3) is 1.85. The Morgan fingerprint density at radius 1 is 1.42 bits per heavy atom. The number of nitrogens with zero attached hydrogens (tertiary/aromatic N) is 1. The summed E-state index contributed by atoms with van der Waals surface area (Å²) < 4.78 is 5.29. The zero-order valence-corrected chi connectivity index (χ0v) is 10.8. The van der Waals surface area contributed by atoms with Crippen LogP contribution in [-0.2, 0) is 0 Å². The summed E-state index contributed by atoms with van der Waals surface area (Å²) in [7, 11) is 0. The van der Waals surface area contributed by atoms with Gasteiger partial charge in [0.25, 0.3) is 0 Å². The fourth-order valence-electron chi connectivity index (χ4n) is 1.75. The van der Waals surface area contributed by atoms with Gasteiger partial charge in [-0.05, 0) is 28.1 Å². The van der Waals surface area contributed by atoms with Crippen LogP contribution in [0, 0.1) is 0 Å². The monoisotopic (exact) mass is 323 g/mol. The molecule has 0 bridgehead atoms. The number of fused-ring (bicyclic) bond motifs is 1. The molecule has 0 radical (unpaired) electrons. The van der Waals surface area contributed by atoms with E-state index < -0.39 is 11.7 Å². The fourth-order valence-corrected chi connectivity index (χ4v) is 2.33. The van der Waals surface area contributed by atoms with Crippen LogP contribution in [0.2, 0.25) is 0 Å². The number of benzene rings is 1. The van der Waals surface area contributed by atoms with E-state index in [-0.39, 0.29) is 5.69 Å². The molecular weight excluding hydrogens is 318 g/mol. The van der Waals surface area contributed by atoms with E-state index in [1.807, 2.05) is 0 Å². The van der Waals surface area contributed by atoms with Crippen LogP contribution in [-0.4, -0.2) is 26.3 Å². The van der Waals surface area contributed by atoms with E-state index in [9.17, 15) is 9.59 Å². The Morgan fingerprint density at radius 2 is 2.21 bits per heavy atom. The van der Waals surface area contributed by atoms with Crippen molar-refractivity contribution in [1.29, 1.82) is 0 Å². The molecule has 7 nitrogen and oxygen atoms in total. The molecule has 0 saturated heterocycles. The normalized spacial score (nSPS) is 11.0. The van der Waals surface area contributed by atoms with Gasteiger partial charge < -0.3 is 9.52 Å². The molecule has 2 heterocycles. The molecule has 8 heteroatoms. The predicted octanol–water partition coefficient (Wildman–Crippen LogP) is 1.97. The summed E-state index contributed by atoms with van der Waals surface area (Å²) in [5.74, 6) is -1.65. The first kappa shape index (κ1) is 11.7. The summed E-state index contributed by atoms with van der Waals surface area (Å²) in [4.78, 5) is 24.5. The van der Waals surface area contributed by atoms with Gasteiger partial charge in [0.15, 0.2) is 11.3 Å². The van der Waals surface area contributed by atoms with Gasteiger partial charge in [-0.3, -0.25) is 10.1 Å². The molecule has 19 heavy (non-hydrogen) atoms. The lowest BCUT2D eigenvalue weighted by atomic mass is 10.1. The summed E-state index contributed by atoms with van der Waals surface area (Å²) in [6, 6.07) is 4.98. The van der Waals surface area contributed by atoms with Gasteiger partial charge in [-0.15, -0.1) is 0 Å². The summed E-state index contributed by atoms with van der Waals surface area (Å²) in [5, 5.41) is 15.3. The molecule has 0 spiro atoms. The van der Waals surface area contributed by atoms with Crippen molar-refractivity contribution in [2.24, 2.45) is 0 Å². The van der Waals surface area contributed by atoms with Gasteiger partial charge in [-0.1, -0.05) is 6.07 Å². The Labute approximate surface area is 113 Å². The highest BCUT2D eigenvalue weighted by Gasteiger charge is 2.18. The zero-order valence-electron chi connectivity index (χ0n) is 9.23. The molecule has 0 amide bonds. The summed E-state index contributed by atoms with van der Waals surface area (Å²) in [5.41, 5.74) is 1.98. The molecule has 0 saturated carbocycles. The molecule has 0 aliphatic rings. The Kier molecular flexibility index (Phi) is 2.53. The topological polar surface area (TPSA) is 112 Å². The highest BCUT2D eigenvalue weighted by molar-refractivity contribution is 9.10. The quantitative estimate of drug-likeness (QED) is 0.667. The number of H-pyrrole nitrogens is 2. The van der Waals surface area contributed by atoms with Gasteiger partial charge in [-0.25, -0.2) is 9.59 Å². The van der Waals surface area contributed by atoms with Crippen molar-refractivity contribution in [2.75, 3.05) is 0 Å². The van der Waals surface area contributed by atoms with Crippen LogP contribution in [0.15, 0.2) is 31.9 Å². The van der Waals surface area contributed by atoms with Gasteiger partial charge >= 0.3 is 11.7 Å². The number of aromatic carboxylic acids is 1. The molecule has 0 fully saturated rings. The summed E-state index contributed by atoms with van der Waals surface area (Å²) >= 11 is 3.18. The number of halogens is 1. The maximum atomic E-state index is 11.1. The number of nitrogens with one attached hydrogen (secondary N) is 2. The van der Waals surface area contributed by atoms with Crippen molar-refractivity contribution in [2.45, 2.75) is 0 Å². The van der Waals surface area contributed by atoms with E-state index in [0.29, 0.717) is 26.8 Å². The first-order valence-corrected chi connectivity index (χ1v) is 5.96. The third-order valence-electron chi connectivity index (χ3n) is 2.62. The Balaban J connectivity index is 2.18. The highest BCUT2D eigenvalue weighted by Crippen LogP contribution is 2.30. The largest absolute Gasteiger partial charge is 0.476 e. The minimum Gasteiger partial charge on any atom is -0.476 e. The predicted molar refractivity (Wildman–Crippen MR) is 69.1 cm³/mol. The van der Waals surface area contributed by atoms with Crippen LogP contribution in [0.3, 0.4) is 0 Å². The van der Waals surface area contributed by atoms with E-state index in [2.05, 4.69) is 31.1 Å². The SMILES string of the molecule is O=C(O)c1[nH]nc(-c2ccc3[nH]c(=O)oc3c2)c1Br. The number of carboxylic acids is 1. The highest BCUT2D eigenvalue weighted by atomic mass is 79.9. The molecular formula is C11H6BrN3O4. The average molecular weight is 324 g/mol. The average Bonchev–Trinajstić information content (AvgIpc) is 2.89. The number of hydrogen-bond donors (Lipinski definition) is 3. The van der Waals surface area contributed by atoms with Crippen LogP contribution in [0.4, 0.5) is 0 Å².